The number of hydrogen-bond acceptors (Lipinski definition) is 5. The molecule has 1 aliphatic carbocycles. The number of nitrogens with zero attached hydrogens (tertiary/aromatic N) is 2. The van der Waals surface area contributed by atoms with Gasteiger partial charge in [-0.3, -0.25) is 4.99 Å². The maximum atomic E-state index is 12.4. The van der Waals surface area contributed by atoms with E-state index in [-0.39, 0.29) is 12.2 Å². The van der Waals surface area contributed by atoms with Crippen LogP contribution in [-0.2, 0) is 14.2 Å². The SMILES string of the molecule is CCNC(=NCCCOC1CCOC1)NCCN(C(=O)OC(C)(C)C)C1CC1. The number of carbonyl (C=O) groups excluding carboxylic acids is 1. The minimum atomic E-state index is -0.471. The Morgan fingerprint density at radius 1 is 1.25 bits per heavy atom. The first-order chi connectivity index (χ1) is 13.4. The van der Waals surface area contributed by atoms with E-state index in [1.54, 1.807) is 0 Å². The molecule has 1 saturated carbocycles. The Balaban J connectivity index is 1.69. The molecule has 1 heterocycles. The monoisotopic (exact) mass is 398 g/mol. The molecule has 28 heavy (non-hydrogen) atoms. The van der Waals surface area contributed by atoms with E-state index in [0.717, 1.165) is 44.8 Å². The maximum absolute atomic E-state index is 12.4. The molecule has 2 rings (SSSR count). The Kier molecular flexibility index (Phi) is 9.31. The van der Waals surface area contributed by atoms with E-state index in [2.05, 4.69) is 15.6 Å². The topological polar surface area (TPSA) is 84.4 Å². The summed E-state index contributed by atoms with van der Waals surface area (Å²) in [6.07, 6.45) is 3.99. The Morgan fingerprint density at radius 2 is 2.04 bits per heavy atom. The van der Waals surface area contributed by atoms with Crippen LogP contribution >= 0.6 is 0 Å². The average Bonchev–Trinajstić information content (AvgIpc) is 3.31. The molecule has 1 amide bonds. The second kappa shape index (κ2) is 11.5. The summed E-state index contributed by atoms with van der Waals surface area (Å²) < 4.78 is 16.6. The lowest BCUT2D eigenvalue weighted by Crippen LogP contribution is -2.45. The van der Waals surface area contributed by atoms with Crippen LogP contribution in [0.5, 0.6) is 0 Å². The smallest absolute Gasteiger partial charge is 0.410 e. The van der Waals surface area contributed by atoms with Crippen LogP contribution in [0.2, 0.25) is 0 Å². The fourth-order valence-corrected chi connectivity index (χ4v) is 2.92. The molecule has 0 aromatic rings. The van der Waals surface area contributed by atoms with Crippen molar-refractivity contribution in [2.24, 2.45) is 4.99 Å². The predicted molar refractivity (Wildman–Crippen MR) is 110 cm³/mol. The highest BCUT2D eigenvalue weighted by molar-refractivity contribution is 5.79. The molecule has 1 aliphatic heterocycles. The van der Waals surface area contributed by atoms with Crippen molar-refractivity contribution in [3.05, 3.63) is 0 Å². The van der Waals surface area contributed by atoms with E-state index in [0.29, 0.717) is 38.9 Å². The molecule has 1 unspecified atom stereocenters. The minimum absolute atomic E-state index is 0.230. The summed E-state index contributed by atoms with van der Waals surface area (Å²) in [6.45, 7) is 12.7. The molecular weight excluding hydrogens is 360 g/mol. The Bertz CT molecular complexity index is 497. The summed E-state index contributed by atoms with van der Waals surface area (Å²) in [7, 11) is 0. The van der Waals surface area contributed by atoms with Gasteiger partial charge in [0, 0.05) is 45.4 Å². The van der Waals surface area contributed by atoms with E-state index < -0.39 is 5.60 Å². The third-order valence-corrected chi connectivity index (χ3v) is 4.42. The molecule has 0 radical (unpaired) electrons. The van der Waals surface area contributed by atoms with Crippen molar-refractivity contribution in [2.45, 2.75) is 71.1 Å². The number of nitrogens with one attached hydrogen (secondary N) is 2. The summed E-state index contributed by atoms with van der Waals surface area (Å²) in [6, 6.07) is 0.313. The number of rotatable bonds is 10. The van der Waals surface area contributed by atoms with Crippen molar-refractivity contribution in [2.75, 3.05) is 46.0 Å². The number of guanidine groups is 1. The van der Waals surface area contributed by atoms with E-state index in [1.807, 2.05) is 32.6 Å². The van der Waals surface area contributed by atoms with Gasteiger partial charge in [-0.2, -0.15) is 0 Å². The molecule has 0 bridgehead atoms. The molecule has 2 aliphatic rings. The number of hydrogen-bond donors (Lipinski definition) is 2. The summed E-state index contributed by atoms with van der Waals surface area (Å²) in [4.78, 5) is 18.8. The van der Waals surface area contributed by atoms with Crippen molar-refractivity contribution in [3.8, 4) is 0 Å². The Hall–Kier alpha value is -1.54. The van der Waals surface area contributed by atoms with E-state index >= 15 is 0 Å². The number of amides is 1. The van der Waals surface area contributed by atoms with Crippen molar-refractivity contribution < 1.29 is 19.0 Å². The maximum Gasteiger partial charge on any atom is 0.410 e. The molecule has 2 N–H and O–H groups in total. The van der Waals surface area contributed by atoms with Crippen molar-refractivity contribution in [3.63, 3.8) is 0 Å². The van der Waals surface area contributed by atoms with Crippen LogP contribution < -0.4 is 10.6 Å². The first-order valence-corrected chi connectivity index (χ1v) is 10.6. The van der Waals surface area contributed by atoms with Crippen LogP contribution in [0, 0.1) is 0 Å². The van der Waals surface area contributed by atoms with Crippen LogP contribution in [-0.4, -0.2) is 80.7 Å². The quantitative estimate of drug-likeness (QED) is 0.333. The van der Waals surface area contributed by atoms with Crippen LogP contribution in [0.15, 0.2) is 4.99 Å². The van der Waals surface area contributed by atoms with Gasteiger partial charge in [-0.15, -0.1) is 0 Å². The molecular formula is C20H38N4O4. The van der Waals surface area contributed by atoms with Gasteiger partial charge in [0.1, 0.15) is 5.60 Å². The van der Waals surface area contributed by atoms with E-state index in [9.17, 15) is 4.79 Å². The first kappa shape index (κ1) is 22.7. The molecule has 1 atom stereocenters. The van der Waals surface area contributed by atoms with Gasteiger partial charge in [0.15, 0.2) is 5.96 Å². The van der Waals surface area contributed by atoms with Crippen LogP contribution in [0.25, 0.3) is 0 Å². The van der Waals surface area contributed by atoms with Gasteiger partial charge in [-0.05, 0) is 53.4 Å². The highest BCUT2D eigenvalue weighted by Gasteiger charge is 2.34. The predicted octanol–water partition coefficient (Wildman–Crippen LogP) is 2.14. The molecule has 8 heteroatoms. The zero-order valence-electron chi connectivity index (χ0n) is 18.0. The lowest BCUT2D eigenvalue weighted by atomic mass is 10.2. The lowest BCUT2D eigenvalue weighted by Gasteiger charge is -2.27. The Morgan fingerprint density at radius 3 is 2.64 bits per heavy atom. The van der Waals surface area contributed by atoms with Gasteiger partial charge >= 0.3 is 6.09 Å². The van der Waals surface area contributed by atoms with Gasteiger partial charge in [0.25, 0.3) is 0 Å². The normalized spacial score (nSPS) is 20.1. The first-order valence-electron chi connectivity index (χ1n) is 10.6. The third kappa shape index (κ3) is 9.10. The molecule has 2 fully saturated rings. The van der Waals surface area contributed by atoms with Crippen molar-refractivity contribution in [1.82, 2.24) is 15.5 Å². The molecule has 1 saturated heterocycles. The third-order valence-electron chi connectivity index (χ3n) is 4.42. The number of carbonyl (C=O) groups is 1. The standard InChI is InChI=1S/C20H38N4O4/c1-5-21-18(22-10-6-13-27-17-9-14-26-15-17)23-11-12-24(16-7-8-16)19(25)28-20(2,3)4/h16-17H,5-15H2,1-4H3,(H2,21,22,23). The summed E-state index contributed by atoms with van der Waals surface area (Å²) in [5, 5.41) is 6.56. The fraction of sp³-hybridized carbons (Fsp3) is 0.900. The van der Waals surface area contributed by atoms with Gasteiger partial charge < -0.3 is 29.7 Å². The largest absolute Gasteiger partial charge is 0.444 e. The molecule has 0 aromatic carbocycles. The van der Waals surface area contributed by atoms with Crippen molar-refractivity contribution in [1.29, 1.82) is 0 Å². The highest BCUT2D eigenvalue weighted by atomic mass is 16.6. The second-order valence-corrected chi connectivity index (χ2v) is 8.30. The van der Waals surface area contributed by atoms with Crippen LogP contribution in [0.4, 0.5) is 4.79 Å². The zero-order valence-corrected chi connectivity index (χ0v) is 18.0. The minimum Gasteiger partial charge on any atom is -0.444 e. The Labute approximate surface area is 169 Å². The van der Waals surface area contributed by atoms with Gasteiger partial charge in [-0.1, -0.05) is 0 Å². The van der Waals surface area contributed by atoms with Gasteiger partial charge in [0.05, 0.1) is 12.7 Å². The highest BCUT2D eigenvalue weighted by Crippen LogP contribution is 2.28. The van der Waals surface area contributed by atoms with Crippen molar-refractivity contribution >= 4 is 12.1 Å². The molecule has 0 aromatic heterocycles. The van der Waals surface area contributed by atoms with E-state index in [4.69, 9.17) is 14.2 Å². The van der Waals surface area contributed by atoms with Gasteiger partial charge in [-0.25, -0.2) is 4.79 Å². The second-order valence-electron chi connectivity index (χ2n) is 8.30. The number of ether oxygens (including phenoxy) is 3. The zero-order chi connectivity index (χ0) is 20.4. The fourth-order valence-electron chi connectivity index (χ4n) is 2.92. The van der Waals surface area contributed by atoms with E-state index in [1.165, 1.54) is 0 Å². The lowest BCUT2D eigenvalue weighted by molar-refractivity contribution is 0.0237. The number of aliphatic imine (C=N–C) groups is 1. The summed E-state index contributed by atoms with van der Waals surface area (Å²) in [5.74, 6) is 0.770. The summed E-state index contributed by atoms with van der Waals surface area (Å²) >= 11 is 0. The molecule has 0 spiro atoms. The summed E-state index contributed by atoms with van der Waals surface area (Å²) in [5.41, 5.74) is -0.471. The average molecular weight is 399 g/mol. The van der Waals surface area contributed by atoms with Crippen LogP contribution in [0.3, 0.4) is 0 Å². The van der Waals surface area contributed by atoms with Gasteiger partial charge in [0.2, 0.25) is 0 Å². The molecule has 8 nitrogen and oxygen atoms in total. The molecule has 162 valence electrons. The van der Waals surface area contributed by atoms with Crippen LogP contribution in [0.1, 0.15) is 53.4 Å².